The normalized spacial score (nSPS) is 19.4. The minimum atomic E-state index is -3.08. The molecule has 0 aromatic carbocycles. The lowest BCUT2D eigenvalue weighted by atomic mass is 10.1. The lowest BCUT2D eigenvalue weighted by molar-refractivity contribution is 0.387. The van der Waals surface area contributed by atoms with Crippen LogP contribution in [0.5, 0.6) is 0 Å². The first-order valence-electron chi connectivity index (χ1n) is 6.29. The Labute approximate surface area is 114 Å². The van der Waals surface area contributed by atoms with E-state index in [1.54, 1.807) is 6.20 Å². The van der Waals surface area contributed by atoms with Gasteiger partial charge in [0, 0.05) is 38.4 Å². The minimum Gasteiger partial charge on any atom is -0.354 e. The first-order chi connectivity index (χ1) is 8.88. The molecule has 1 saturated heterocycles. The van der Waals surface area contributed by atoms with Crippen molar-refractivity contribution < 1.29 is 8.42 Å². The molecule has 0 amide bonds. The monoisotopic (exact) mass is 284 g/mol. The van der Waals surface area contributed by atoms with Crippen molar-refractivity contribution in [3.05, 3.63) is 23.9 Å². The van der Waals surface area contributed by atoms with Crippen LogP contribution in [0.2, 0.25) is 0 Å². The fraction of sp³-hybridized carbons (Fsp3) is 0.583. The molecule has 1 atom stereocenters. The van der Waals surface area contributed by atoms with Gasteiger partial charge in [-0.05, 0) is 18.6 Å². The summed E-state index contributed by atoms with van der Waals surface area (Å²) in [5.41, 5.74) is 6.78. The molecule has 0 saturated carbocycles. The van der Waals surface area contributed by atoms with Crippen LogP contribution in [0, 0.1) is 0 Å². The molecule has 1 aromatic heterocycles. The maximum Gasteiger partial charge on any atom is 0.211 e. The van der Waals surface area contributed by atoms with E-state index in [0.717, 1.165) is 11.4 Å². The maximum absolute atomic E-state index is 11.4. The van der Waals surface area contributed by atoms with E-state index in [2.05, 4.69) is 9.88 Å². The van der Waals surface area contributed by atoms with Gasteiger partial charge in [-0.15, -0.1) is 0 Å². The van der Waals surface area contributed by atoms with Gasteiger partial charge < -0.3 is 10.6 Å². The zero-order valence-corrected chi connectivity index (χ0v) is 12.1. The van der Waals surface area contributed by atoms with Crippen molar-refractivity contribution in [3.8, 4) is 0 Å². The average Bonchev–Trinajstić information content (AvgIpc) is 2.38. The number of nitrogens with zero attached hydrogens (tertiary/aromatic N) is 3. The molecule has 7 heteroatoms. The first-order valence-corrected chi connectivity index (χ1v) is 8.14. The molecular formula is C12H20N4O2S. The van der Waals surface area contributed by atoms with Crippen LogP contribution in [0.25, 0.3) is 0 Å². The molecule has 1 fully saturated rings. The Balaban J connectivity index is 2.02. The summed E-state index contributed by atoms with van der Waals surface area (Å²) in [5.74, 6) is 0.873. The second-order valence-electron chi connectivity index (χ2n) is 4.89. The maximum atomic E-state index is 11.4. The van der Waals surface area contributed by atoms with Gasteiger partial charge in [0.1, 0.15) is 5.82 Å². The topological polar surface area (TPSA) is 79.5 Å². The van der Waals surface area contributed by atoms with Gasteiger partial charge in [0.05, 0.1) is 6.26 Å². The summed E-state index contributed by atoms with van der Waals surface area (Å²) in [5, 5.41) is 0. The van der Waals surface area contributed by atoms with E-state index >= 15 is 0 Å². The van der Waals surface area contributed by atoms with E-state index in [1.165, 1.54) is 10.6 Å². The molecule has 19 heavy (non-hydrogen) atoms. The van der Waals surface area contributed by atoms with Gasteiger partial charge in [0.25, 0.3) is 0 Å². The number of pyridine rings is 1. The standard InChI is InChI=1S/C12H20N4O2S/c1-10(13)11-3-4-12(14-9-11)15-5-7-16(8-6-15)19(2,17)18/h3-4,9-10H,5-8,13H2,1-2H3. The zero-order valence-electron chi connectivity index (χ0n) is 11.3. The summed E-state index contributed by atoms with van der Waals surface area (Å²) < 4.78 is 24.4. The highest BCUT2D eigenvalue weighted by atomic mass is 32.2. The number of sulfonamides is 1. The van der Waals surface area contributed by atoms with E-state index in [1.807, 2.05) is 19.1 Å². The predicted octanol–water partition coefficient (Wildman–Crippen LogP) is 0.183. The molecule has 2 rings (SSSR count). The fourth-order valence-electron chi connectivity index (χ4n) is 2.10. The van der Waals surface area contributed by atoms with E-state index in [0.29, 0.717) is 26.2 Å². The van der Waals surface area contributed by atoms with Crippen LogP contribution in [0.15, 0.2) is 18.3 Å². The van der Waals surface area contributed by atoms with Crippen molar-refractivity contribution in [1.82, 2.24) is 9.29 Å². The van der Waals surface area contributed by atoms with Crippen molar-refractivity contribution in [3.63, 3.8) is 0 Å². The highest BCUT2D eigenvalue weighted by Crippen LogP contribution is 2.17. The number of rotatable bonds is 3. The molecule has 0 aliphatic carbocycles. The van der Waals surface area contributed by atoms with Crippen LogP contribution >= 0.6 is 0 Å². The molecular weight excluding hydrogens is 264 g/mol. The van der Waals surface area contributed by atoms with Crippen molar-refractivity contribution >= 4 is 15.8 Å². The van der Waals surface area contributed by atoms with E-state index < -0.39 is 10.0 Å². The van der Waals surface area contributed by atoms with E-state index in [4.69, 9.17) is 5.73 Å². The molecule has 1 aliphatic rings. The molecule has 2 heterocycles. The number of piperazine rings is 1. The number of nitrogens with two attached hydrogens (primary N) is 1. The molecule has 2 N–H and O–H groups in total. The van der Waals surface area contributed by atoms with E-state index in [9.17, 15) is 8.42 Å². The summed E-state index contributed by atoms with van der Waals surface area (Å²) >= 11 is 0. The van der Waals surface area contributed by atoms with Crippen molar-refractivity contribution in [2.45, 2.75) is 13.0 Å². The Morgan fingerprint density at radius 1 is 1.26 bits per heavy atom. The largest absolute Gasteiger partial charge is 0.354 e. The van der Waals surface area contributed by atoms with Crippen LogP contribution < -0.4 is 10.6 Å². The second-order valence-corrected chi connectivity index (χ2v) is 6.87. The Bertz CT molecular complexity index is 519. The van der Waals surface area contributed by atoms with Gasteiger partial charge in [-0.25, -0.2) is 13.4 Å². The van der Waals surface area contributed by atoms with Gasteiger partial charge in [-0.1, -0.05) is 6.07 Å². The molecule has 0 bridgehead atoms. The van der Waals surface area contributed by atoms with Crippen LogP contribution in [0.3, 0.4) is 0 Å². The van der Waals surface area contributed by atoms with Crippen LogP contribution in [-0.2, 0) is 10.0 Å². The van der Waals surface area contributed by atoms with Crippen molar-refractivity contribution in [2.75, 3.05) is 37.3 Å². The highest BCUT2D eigenvalue weighted by molar-refractivity contribution is 7.88. The van der Waals surface area contributed by atoms with Crippen molar-refractivity contribution in [1.29, 1.82) is 0 Å². The van der Waals surface area contributed by atoms with Gasteiger partial charge >= 0.3 is 0 Å². The number of anilines is 1. The molecule has 1 aliphatic heterocycles. The van der Waals surface area contributed by atoms with E-state index in [-0.39, 0.29) is 6.04 Å². The van der Waals surface area contributed by atoms with Gasteiger partial charge in [0.2, 0.25) is 10.0 Å². The third-order valence-corrected chi connectivity index (χ3v) is 4.63. The average molecular weight is 284 g/mol. The summed E-state index contributed by atoms with van der Waals surface area (Å²) in [6, 6.07) is 3.88. The van der Waals surface area contributed by atoms with Gasteiger partial charge in [-0.3, -0.25) is 0 Å². The number of hydrogen-bond donors (Lipinski definition) is 1. The Hall–Kier alpha value is -1.18. The highest BCUT2D eigenvalue weighted by Gasteiger charge is 2.23. The quantitative estimate of drug-likeness (QED) is 0.856. The molecule has 0 radical (unpaired) electrons. The van der Waals surface area contributed by atoms with Crippen LogP contribution in [0.1, 0.15) is 18.5 Å². The zero-order chi connectivity index (χ0) is 14.0. The number of aromatic nitrogens is 1. The molecule has 6 nitrogen and oxygen atoms in total. The lowest BCUT2D eigenvalue weighted by Crippen LogP contribution is -2.48. The summed E-state index contributed by atoms with van der Waals surface area (Å²) in [4.78, 5) is 6.48. The van der Waals surface area contributed by atoms with Gasteiger partial charge in [-0.2, -0.15) is 4.31 Å². The minimum absolute atomic E-state index is 0.0244. The third kappa shape index (κ3) is 3.43. The Morgan fingerprint density at radius 3 is 2.32 bits per heavy atom. The lowest BCUT2D eigenvalue weighted by Gasteiger charge is -2.34. The second kappa shape index (κ2) is 5.44. The molecule has 1 unspecified atom stereocenters. The number of hydrogen-bond acceptors (Lipinski definition) is 5. The smallest absolute Gasteiger partial charge is 0.211 e. The molecule has 1 aromatic rings. The van der Waals surface area contributed by atoms with Crippen molar-refractivity contribution in [2.24, 2.45) is 5.73 Å². The molecule has 106 valence electrons. The van der Waals surface area contributed by atoms with Gasteiger partial charge in [0.15, 0.2) is 0 Å². The summed E-state index contributed by atoms with van der Waals surface area (Å²) in [6.07, 6.45) is 3.03. The Kier molecular flexibility index (Phi) is 4.07. The predicted molar refractivity (Wildman–Crippen MR) is 75.5 cm³/mol. The Morgan fingerprint density at radius 2 is 1.89 bits per heavy atom. The summed E-state index contributed by atoms with van der Waals surface area (Å²) in [6.45, 7) is 4.27. The SMILES string of the molecule is CC(N)c1ccc(N2CCN(S(C)(=O)=O)CC2)nc1. The molecule has 0 spiro atoms. The summed E-state index contributed by atoms with van der Waals surface area (Å²) in [7, 11) is -3.08. The first kappa shape index (κ1) is 14.2. The third-order valence-electron chi connectivity index (χ3n) is 3.33. The van der Waals surface area contributed by atoms with Crippen LogP contribution in [-0.4, -0.2) is 50.1 Å². The fourth-order valence-corrected chi connectivity index (χ4v) is 2.93. The van der Waals surface area contributed by atoms with Crippen LogP contribution in [0.4, 0.5) is 5.82 Å².